The van der Waals surface area contributed by atoms with Gasteiger partial charge in [-0.25, -0.2) is 4.79 Å². The second-order valence-electron chi connectivity index (χ2n) is 5.71. The van der Waals surface area contributed by atoms with Crippen LogP contribution in [-0.4, -0.2) is 41.7 Å². The highest BCUT2D eigenvalue weighted by Gasteiger charge is 2.22. The molecule has 4 nitrogen and oxygen atoms in total. The van der Waals surface area contributed by atoms with E-state index in [0.29, 0.717) is 18.4 Å². The molecule has 0 bridgehead atoms. The van der Waals surface area contributed by atoms with Crippen molar-refractivity contribution < 1.29 is 14.6 Å². The minimum absolute atomic E-state index is 0.266. The number of hydrogen-bond acceptors (Lipinski definition) is 3. The van der Waals surface area contributed by atoms with Gasteiger partial charge in [0.2, 0.25) is 0 Å². The number of ether oxygens (including phenoxy) is 1. The molecular formula is C16H23NO3. The Morgan fingerprint density at radius 1 is 1.40 bits per heavy atom. The van der Waals surface area contributed by atoms with Crippen LogP contribution in [0.1, 0.15) is 37.0 Å². The lowest BCUT2D eigenvalue weighted by molar-refractivity contribution is 0.0696. The van der Waals surface area contributed by atoms with Gasteiger partial charge in [0.05, 0.1) is 5.56 Å². The van der Waals surface area contributed by atoms with E-state index in [1.165, 1.54) is 12.8 Å². The number of likely N-dealkylation sites (tertiary alicyclic amines) is 1. The van der Waals surface area contributed by atoms with Crippen molar-refractivity contribution in [2.45, 2.75) is 32.7 Å². The molecule has 1 aliphatic heterocycles. The number of aromatic carboxylic acids is 1. The number of benzene rings is 1. The van der Waals surface area contributed by atoms with Crippen LogP contribution in [-0.2, 0) is 0 Å². The maximum Gasteiger partial charge on any atom is 0.335 e. The molecule has 0 aromatic heterocycles. The maximum absolute atomic E-state index is 10.9. The van der Waals surface area contributed by atoms with Crippen LogP contribution in [0.15, 0.2) is 24.3 Å². The second kappa shape index (κ2) is 6.75. The Hall–Kier alpha value is -1.55. The summed E-state index contributed by atoms with van der Waals surface area (Å²) in [6, 6.07) is 7.27. The van der Waals surface area contributed by atoms with Gasteiger partial charge in [-0.15, -0.1) is 0 Å². The number of piperidine rings is 1. The summed E-state index contributed by atoms with van der Waals surface area (Å²) >= 11 is 0. The highest BCUT2D eigenvalue weighted by Crippen LogP contribution is 2.21. The molecule has 0 saturated carbocycles. The molecule has 0 radical (unpaired) electrons. The molecule has 1 N–H and O–H groups in total. The van der Waals surface area contributed by atoms with Crippen LogP contribution >= 0.6 is 0 Å². The molecule has 1 fully saturated rings. The Balaban J connectivity index is 1.83. The van der Waals surface area contributed by atoms with Gasteiger partial charge in [-0.1, -0.05) is 13.0 Å². The van der Waals surface area contributed by atoms with E-state index < -0.39 is 5.97 Å². The second-order valence-corrected chi connectivity index (χ2v) is 5.71. The van der Waals surface area contributed by atoms with Crippen LogP contribution in [0.3, 0.4) is 0 Å². The molecular weight excluding hydrogens is 254 g/mol. The van der Waals surface area contributed by atoms with Gasteiger partial charge < -0.3 is 9.84 Å². The Morgan fingerprint density at radius 2 is 2.20 bits per heavy atom. The van der Waals surface area contributed by atoms with E-state index in [2.05, 4.69) is 18.7 Å². The van der Waals surface area contributed by atoms with Gasteiger partial charge in [0, 0.05) is 19.1 Å². The topological polar surface area (TPSA) is 49.8 Å². The van der Waals surface area contributed by atoms with E-state index in [0.717, 1.165) is 19.0 Å². The lowest BCUT2D eigenvalue weighted by atomic mass is 9.95. The number of rotatable bonds is 5. The maximum atomic E-state index is 10.9. The Kier molecular flexibility index (Phi) is 5.01. The number of carboxylic acid groups (broad SMARTS) is 1. The summed E-state index contributed by atoms with van der Waals surface area (Å²) in [5.41, 5.74) is 0.266. The quantitative estimate of drug-likeness (QED) is 0.899. The molecule has 1 aromatic rings. The summed E-state index contributed by atoms with van der Waals surface area (Å²) < 4.78 is 5.68. The lowest BCUT2D eigenvalue weighted by Crippen LogP contribution is -2.43. The third-order valence-electron chi connectivity index (χ3n) is 3.97. The van der Waals surface area contributed by atoms with E-state index in [1.807, 2.05) is 0 Å². The van der Waals surface area contributed by atoms with Crippen molar-refractivity contribution in [3.63, 3.8) is 0 Å². The molecule has 0 amide bonds. The third kappa shape index (κ3) is 3.97. The fourth-order valence-electron chi connectivity index (χ4n) is 2.69. The predicted molar refractivity (Wildman–Crippen MR) is 78.3 cm³/mol. The van der Waals surface area contributed by atoms with Crippen LogP contribution in [0, 0.1) is 5.92 Å². The lowest BCUT2D eigenvalue weighted by Gasteiger charge is -2.36. The summed E-state index contributed by atoms with van der Waals surface area (Å²) in [7, 11) is 0. The number of carboxylic acids is 1. The molecule has 2 unspecified atom stereocenters. The van der Waals surface area contributed by atoms with E-state index >= 15 is 0 Å². The first-order chi connectivity index (χ1) is 9.56. The fraction of sp³-hybridized carbons (Fsp3) is 0.562. The van der Waals surface area contributed by atoms with E-state index in [-0.39, 0.29) is 5.56 Å². The SMILES string of the molecule is CC1CCC(C)N(CCOc2cccc(C(=O)O)c2)C1. The molecule has 1 saturated heterocycles. The number of nitrogens with zero attached hydrogens (tertiary/aromatic N) is 1. The first-order valence-electron chi connectivity index (χ1n) is 7.26. The third-order valence-corrected chi connectivity index (χ3v) is 3.97. The molecule has 20 heavy (non-hydrogen) atoms. The van der Waals surface area contributed by atoms with Crippen molar-refractivity contribution in [2.24, 2.45) is 5.92 Å². The summed E-state index contributed by atoms with van der Waals surface area (Å²) in [4.78, 5) is 13.3. The zero-order valence-corrected chi connectivity index (χ0v) is 12.2. The monoisotopic (exact) mass is 277 g/mol. The summed E-state index contributed by atoms with van der Waals surface area (Å²) in [6.07, 6.45) is 2.55. The van der Waals surface area contributed by atoms with Crippen molar-refractivity contribution in [1.82, 2.24) is 4.90 Å². The first-order valence-corrected chi connectivity index (χ1v) is 7.26. The van der Waals surface area contributed by atoms with Gasteiger partial charge in [0.25, 0.3) is 0 Å². The van der Waals surface area contributed by atoms with E-state index in [9.17, 15) is 4.79 Å². The molecule has 1 heterocycles. The minimum atomic E-state index is -0.922. The average Bonchev–Trinajstić information content (AvgIpc) is 2.43. The van der Waals surface area contributed by atoms with Crippen LogP contribution in [0.2, 0.25) is 0 Å². The summed E-state index contributed by atoms with van der Waals surface area (Å²) in [5, 5.41) is 8.94. The molecule has 4 heteroatoms. The fourth-order valence-corrected chi connectivity index (χ4v) is 2.69. The molecule has 1 aliphatic rings. The van der Waals surface area contributed by atoms with E-state index in [4.69, 9.17) is 9.84 Å². The number of hydrogen-bond donors (Lipinski definition) is 1. The average molecular weight is 277 g/mol. The van der Waals surface area contributed by atoms with Crippen LogP contribution in [0.5, 0.6) is 5.75 Å². The van der Waals surface area contributed by atoms with Gasteiger partial charge >= 0.3 is 5.97 Å². The van der Waals surface area contributed by atoms with Crippen molar-refractivity contribution in [2.75, 3.05) is 19.7 Å². The Bertz CT molecular complexity index is 461. The normalized spacial score (nSPS) is 23.5. The smallest absolute Gasteiger partial charge is 0.335 e. The standard InChI is InChI=1S/C16H23NO3/c1-12-6-7-13(2)17(11-12)8-9-20-15-5-3-4-14(10-15)16(18)19/h3-5,10,12-13H,6-9,11H2,1-2H3,(H,18,19). The van der Waals surface area contributed by atoms with Crippen molar-refractivity contribution >= 4 is 5.97 Å². The molecule has 2 atom stereocenters. The molecule has 0 aliphatic carbocycles. The first kappa shape index (κ1) is 14.9. The predicted octanol–water partition coefficient (Wildman–Crippen LogP) is 2.88. The van der Waals surface area contributed by atoms with Crippen LogP contribution < -0.4 is 4.74 Å². The van der Waals surface area contributed by atoms with Crippen molar-refractivity contribution in [3.8, 4) is 5.75 Å². The van der Waals surface area contributed by atoms with Crippen LogP contribution in [0.25, 0.3) is 0 Å². The number of carbonyl (C=O) groups is 1. The van der Waals surface area contributed by atoms with Gasteiger partial charge in [0.15, 0.2) is 0 Å². The zero-order chi connectivity index (χ0) is 14.5. The van der Waals surface area contributed by atoms with Gasteiger partial charge in [0.1, 0.15) is 12.4 Å². The molecule has 0 spiro atoms. The van der Waals surface area contributed by atoms with E-state index in [1.54, 1.807) is 24.3 Å². The highest BCUT2D eigenvalue weighted by molar-refractivity contribution is 5.87. The van der Waals surface area contributed by atoms with Gasteiger partial charge in [-0.05, 0) is 43.9 Å². The van der Waals surface area contributed by atoms with Crippen LogP contribution in [0.4, 0.5) is 0 Å². The zero-order valence-electron chi connectivity index (χ0n) is 12.2. The summed E-state index contributed by atoms with van der Waals surface area (Å²) in [5.74, 6) is 0.457. The molecule has 110 valence electrons. The summed E-state index contributed by atoms with van der Waals surface area (Å²) in [6.45, 7) is 7.16. The van der Waals surface area contributed by atoms with Crippen molar-refractivity contribution in [1.29, 1.82) is 0 Å². The molecule has 2 rings (SSSR count). The van der Waals surface area contributed by atoms with Crippen molar-refractivity contribution in [3.05, 3.63) is 29.8 Å². The molecule has 1 aromatic carbocycles. The largest absolute Gasteiger partial charge is 0.492 e. The Morgan fingerprint density at radius 3 is 2.95 bits per heavy atom. The minimum Gasteiger partial charge on any atom is -0.492 e. The highest BCUT2D eigenvalue weighted by atomic mass is 16.5. The van der Waals surface area contributed by atoms with Gasteiger partial charge in [-0.2, -0.15) is 0 Å². The Labute approximate surface area is 120 Å². The van der Waals surface area contributed by atoms with Gasteiger partial charge in [-0.3, -0.25) is 4.90 Å².